The molecule has 0 aliphatic heterocycles. The molecular weight excluding hydrogens is 413 g/mol. The number of ether oxygens (including phenoxy) is 1. The number of hydrogen-bond donors (Lipinski definition) is 0. The van der Waals surface area contributed by atoms with Crippen LogP contribution in [-0.4, -0.2) is 49.1 Å². The van der Waals surface area contributed by atoms with E-state index in [0.717, 1.165) is 17.8 Å². The van der Waals surface area contributed by atoms with Gasteiger partial charge in [-0.1, -0.05) is 31.3 Å². The van der Waals surface area contributed by atoms with Crippen molar-refractivity contribution in [3.05, 3.63) is 53.8 Å². The Bertz CT molecular complexity index is 945. The number of rotatable bonds is 8. The number of hydrogen-bond acceptors (Lipinski definition) is 5. The molecule has 0 saturated heterocycles. The molecule has 0 bridgehead atoms. The van der Waals surface area contributed by atoms with Crippen molar-refractivity contribution in [1.29, 1.82) is 0 Å². The number of carbonyl (C=O) groups excluding carboxylic acids is 1. The molecule has 0 unspecified atom stereocenters. The SMILES string of the molecule is CCN(CC)CCN(C(=O)c1ccc(OC)cc1)c1nc2c(F)cccc2s1.Cl. The minimum Gasteiger partial charge on any atom is -0.497 e. The first kappa shape index (κ1) is 23.1. The topological polar surface area (TPSA) is 45.7 Å². The number of para-hydroxylation sites is 1. The largest absolute Gasteiger partial charge is 0.497 e. The van der Waals surface area contributed by atoms with E-state index in [-0.39, 0.29) is 24.1 Å². The highest BCUT2D eigenvalue weighted by Gasteiger charge is 2.22. The van der Waals surface area contributed by atoms with E-state index in [1.807, 2.05) is 6.07 Å². The minimum atomic E-state index is -0.374. The second-order valence-electron chi connectivity index (χ2n) is 6.30. The summed E-state index contributed by atoms with van der Waals surface area (Å²) in [7, 11) is 1.59. The summed E-state index contributed by atoms with van der Waals surface area (Å²) in [4.78, 5) is 21.5. The van der Waals surface area contributed by atoms with E-state index >= 15 is 0 Å². The van der Waals surface area contributed by atoms with Crippen molar-refractivity contribution in [2.24, 2.45) is 0 Å². The van der Waals surface area contributed by atoms with Crippen LogP contribution in [0.15, 0.2) is 42.5 Å². The lowest BCUT2D eigenvalue weighted by Gasteiger charge is -2.24. The number of thiazole rings is 1. The molecule has 1 aromatic heterocycles. The van der Waals surface area contributed by atoms with Crippen molar-refractivity contribution >= 4 is 45.0 Å². The molecule has 0 fully saturated rings. The predicted octanol–water partition coefficient (Wildman–Crippen LogP) is 4.85. The molecule has 0 aliphatic rings. The number of benzene rings is 2. The fraction of sp³-hybridized carbons (Fsp3) is 0.333. The molecule has 0 atom stereocenters. The van der Waals surface area contributed by atoms with Gasteiger partial charge in [-0.05, 0) is 49.5 Å². The van der Waals surface area contributed by atoms with E-state index in [2.05, 4.69) is 23.7 Å². The number of anilines is 1. The Hall–Kier alpha value is -2.22. The van der Waals surface area contributed by atoms with Crippen molar-refractivity contribution in [3.8, 4) is 5.75 Å². The van der Waals surface area contributed by atoms with Crippen molar-refractivity contribution in [1.82, 2.24) is 9.88 Å². The summed E-state index contributed by atoms with van der Waals surface area (Å²) >= 11 is 1.33. The lowest BCUT2D eigenvalue weighted by atomic mass is 10.2. The van der Waals surface area contributed by atoms with Crippen LogP contribution in [-0.2, 0) is 0 Å². The van der Waals surface area contributed by atoms with Crippen molar-refractivity contribution in [2.75, 3.05) is 38.2 Å². The molecular formula is C21H25ClFN3O2S. The average Bonchev–Trinajstić information content (AvgIpc) is 3.16. The van der Waals surface area contributed by atoms with Gasteiger partial charge in [0, 0.05) is 18.7 Å². The van der Waals surface area contributed by atoms with Crippen LogP contribution in [0, 0.1) is 5.82 Å². The van der Waals surface area contributed by atoms with Crippen LogP contribution in [0.5, 0.6) is 5.75 Å². The normalized spacial score (nSPS) is 10.8. The third kappa shape index (κ3) is 5.23. The van der Waals surface area contributed by atoms with Gasteiger partial charge in [-0.2, -0.15) is 0 Å². The summed E-state index contributed by atoms with van der Waals surface area (Å²) in [6.45, 7) is 7.17. The third-order valence-electron chi connectivity index (χ3n) is 4.71. The van der Waals surface area contributed by atoms with Gasteiger partial charge in [0.05, 0.1) is 11.8 Å². The van der Waals surface area contributed by atoms with Gasteiger partial charge in [0.1, 0.15) is 17.1 Å². The molecule has 29 heavy (non-hydrogen) atoms. The number of likely N-dealkylation sites (N-methyl/N-ethyl adjacent to an activating group) is 1. The zero-order chi connectivity index (χ0) is 20.1. The Morgan fingerprint density at radius 3 is 2.38 bits per heavy atom. The Morgan fingerprint density at radius 1 is 1.10 bits per heavy atom. The molecule has 3 aromatic rings. The van der Waals surface area contributed by atoms with E-state index < -0.39 is 0 Å². The maximum atomic E-state index is 14.1. The molecule has 0 N–H and O–H groups in total. The van der Waals surface area contributed by atoms with Crippen LogP contribution in [0.1, 0.15) is 24.2 Å². The standard InChI is InChI=1S/C21H24FN3O2S.ClH/c1-4-24(5-2)13-14-25(20(26)15-9-11-16(27-3)12-10-15)21-23-19-17(22)7-6-8-18(19)28-21;/h6-12H,4-5,13-14H2,1-3H3;1H. The van der Waals surface area contributed by atoms with E-state index in [1.165, 1.54) is 17.4 Å². The number of methoxy groups -OCH3 is 1. The number of carbonyl (C=O) groups is 1. The van der Waals surface area contributed by atoms with Gasteiger partial charge in [0.15, 0.2) is 5.13 Å². The van der Waals surface area contributed by atoms with Gasteiger partial charge in [0.2, 0.25) is 0 Å². The Kier molecular flexibility index (Phi) is 8.37. The Morgan fingerprint density at radius 2 is 1.79 bits per heavy atom. The number of aromatic nitrogens is 1. The van der Waals surface area contributed by atoms with Gasteiger partial charge in [-0.15, -0.1) is 12.4 Å². The van der Waals surface area contributed by atoms with Crippen LogP contribution < -0.4 is 9.64 Å². The molecule has 8 heteroatoms. The minimum absolute atomic E-state index is 0. The van der Waals surface area contributed by atoms with Crippen molar-refractivity contribution in [2.45, 2.75) is 13.8 Å². The number of fused-ring (bicyclic) bond motifs is 1. The number of halogens is 2. The first-order valence-electron chi connectivity index (χ1n) is 9.30. The van der Waals surface area contributed by atoms with E-state index in [4.69, 9.17) is 4.74 Å². The Balaban J connectivity index is 0.00000300. The summed E-state index contributed by atoms with van der Waals surface area (Å²) in [5, 5.41) is 0.507. The van der Waals surface area contributed by atoms with Crippen LogP contribution >= 0.6 is 23.7 Å². The lowest BCUT2D eigenvalue weighted by Crippen LogP contribution is -2.38. The summed E-state index contributed by atoms with van der Waals surface area (Å²) < 4.78 is 20.0. The average molecular weight is 438 g/mol. The molecule has 0 spiro atoms. The van der Waals surface area contributed by atoms with Gasteiger partial charge in [-0.3, -0.25) is 9.69 Å². The summed E-state index contributed by atoms with van der Waals surface area (Å²) in [5.74, 6) is 0.156. The Labute approximate surface area is 180 Å². The van der Waals surface area contributed by atoms with E-state index in [1.54, 1.807) is 42.3 Å². The summed E-state index contributed by atoms with van der Waals surface area (Å²) in [6.07, 6.45) is 0. The lowest BCUT2D eigenvalue weighted by molar-refractivity contribution is 0.0983. The molecule has 156 valence electrons. The van der Waals surface area contributed by atoms with Crippen LogP contribution in [0.25, 0.3) is 10.2 Å². The summed E-state index contributed by atoms with van der Waals surface area (Å²) in [6, 6.07) is 11.9. The second-order valence-corrected chi connectivity index (χ2v) is 7.30. The number of amides is 1. The van der Waals surface area contributed by atoms with Gasteiger partial charge >= 0.3 is 0 Å². The highest BCUT2D eigenvalue weighted by molar-refractivity contribution is 7.22. The molecule has 1 amide bonds. The third-order valence-corrected chi connectivity index (χ3v) is 5.75. The maximum absolute atomic E-state index is 14.1. The van der Waals surface area contributed by atoms with Crippen LogP contribution in [0.4, 0.5) is 9.52 Å². The molecule has 3 rings (SSSR count). The zero-order valence-electron chi connectivity index (χ0n) is 16.7. The van der Waals surface area contributed by atoms with Gasteiger partial charge < -0.3 is 9.64 Å². The highest BCUT2D eigenvalue weighted by atomic mass is 35.5. The molecule has 2 aromatic carbocycles. The van der Waals surface area contributed by atoms with E-state index in [9.17, 15) is 9.18 Å². The monoisotopic (exact) mass is 437 g/mol. The molecule has 0 radical (unpaired) electrons. The summed E-state index contributed by atoms with van der Waals surface area (Å²) in [5.41, 5.74) is 0.845. The quantitative estimate of drug-likeness (QED) is 0.505. The predicted molar refractivity (Wildman–Crippen MR) is 119 cm³/mol. The zero-order valence-corrected chi connectivity index (χ0v) is 18.4. The van der Waals surface area contributed by atoms with Crippen molar-refractivity contribution in [3.63, 3.8) is 0 Å². The van der Waals surface area contributed by atoms with E-state index in [0.29, 0.717) is 35.1 Å². The molecule has 0 saturated carbocycles. The molecule has 1 heterocycles. The van der Waals surface area contributed by atoms with Crippen LogP contribution in [0.3, 0.4) is 0 Å². The molecule has 0 aliphatic carbocycles. The fourth-order valence-corrected chi connectivity index (χ4v) is 3.98. The number of nitrogens with zero attached hydrogens (tertiary/aromatic N) is 3. The highest BCUT2D eigenvalue weighted by Crippen LogP contribution is 2.31. The van der Waals surface area contributed by atoms with Crippen LogP contribution in [0.2, 0.25) is 0 Å². The molecule has 5 nitrogen and oxygen atoms in total. The van der Waals surface area contributed by atoms with Crippen molar-refractivity contribution < 1.29 is 13.9 Å². The van der Waals surface area contributed by atoms with Gasteiger partial charge in [0.25, 0.3) is 5.91 Å². The first-order chi connectivity index (χ1) is 13.6. The van der Waals surface area contributed by atoms with Gasteiger partial charge in [-0.25, -0.2) is 9.37 Å². The second kappa shape index (κ2) is 10.5. The maximum Gasteiger partial charge on any atom is 0.260 e. The smallest absolute Gasteiger partial charge is 0.260 e. The first-order valence-corrected chi connectivity index (χ1v) is 10.1. The fourth-order valence-electron chi connectivity index (χ4n) is 2.97.